The van der Waals surface area contributed by atoms with Crippen molar-refractivity contribution in [1.82, 2.24) is 0 Å². The van der Waals surface area contributed by atoms with E-state index in [9.17, 15) is 0 Å². The summed E-state index contributed by atoms with van der Waals surface area (Å²) < 4.78 is 12.2. The predicted molar refractivity (Wildman–Crippen MR) is 99.5 cm³/mol. The molecule has 2 aromatic rings. The zero-order chi connectivity index (χ0) is 16.3. The highest BCUT2D eigenvalue weighted by Gasteiger charge is 2.32. The summed E-state index contributed by atoms with van der Waals surface area (Å²) in [5.41, 5.74) is 6.80. The second-order valence-electron chi connectivity index (χ2n) is 6.70. The average molecular weight is 381 g/mol. The zero-order valence-electron chi connectivity index (χ0n) is 13.4. The highest BCUT2D eigenvalue weighted by molar-refractivity contribution is 9.10. The standard InChI is InChI=1S/C21H17BrO2/c1-12-8-18-17(10-19-21(20(18)22)24-11-23-19)16(12)9-14-7-6-13-4-2-3-5-15(13)14/h2-8,10,14,16H,9,11H2,1H3. The fourth-order valence-corrected chi connectivity index (χ4v) is 4.79. The van der Waals surface area contributed by atoms with Gasteiger partial charge in [-0.1, -0.05) is 48.1 Å². The van der Waals surface area contributed by atoms with Gasteiger partial charge in [-0.15, -0.1) is 0 Å². The van der Waals surface area contributed by atoms with E-state index in [1.165, 1.54) is 27.8 Å². The molecule has 0 fully saturated rings. The summed E-state index contributed by atoms with van der Waals surface area (Å²) in [7, 11) is 0. The van der Waals surface area contributed by atoms with E-state index in [1.54, 1.807) is 0 Å². The lowest BCUT2D eigenvalue weighted by atomic mass is 9.84. The molecule has 2 unspecified atom stereocenters. The van der Waals surface area contributed by atoms with Crippen LogP contribution in [0.2, 0.25) is 0 Å². The summed E-state index contributed by atoms with van der Waals surface area (Å²) in [6, 6.07) is 10.9. The van der Waals surface area contributed by atoms with Crippen LogP contribution >= 0.6 is 15.9 Å². The van der Waals surface area contributed by atoms with Crippen molar-refractivity contribution in [1.29, 1.82) is 0 Å². The van der Waals surface area contributed by atoms with Gasteiger partial charge >= 0.3 is 0 Å². The Hall–Kier alpha value is -2.00. The summed E-state index contributed by atoms with van der Waals surface area (Å²) in [5, 5.41) is 0. The van der Waals surface area contributed by atoms with Crippen molar-refractivity contribution in [2.24, 2.45) is 0 Å². The van der Waals surface area contributed by atoms with Crippen molar-refractivity contribution in [3.8, 4) is 11.5 Å². The van der Waals surface area contributed by atoms with Crippen molar-refractivity contribution in [3.63, 3.8) is 0 Å². The molecule has 0 bridgehead atoms. The Morgan fingerprint density at radius 1 is 1.17 bits per heavy atom. The molecule has 0 amide bonds. The highest BCUT2D eigenvalue weighted by atomic mass is 79.9. The number of hydrogen-bond acceptors (Lipinski definition) is 2. The van der Waals surface area contributed by atoms with Crippen molar-refractivity contribution in [3.05, 3.63) is 68.7 Å². The Balaban J connectivity index is 1.53. The lowest BCUT2D eigenvalue weighted by Crippen LogP contribution is -2.04. The molecule has 3 heteroatoms. The molecule has 24 heavy (non-hydrogen) atoms. The van der Waals surface area contributed by atoms with Crippen LogP contribution in [0.15, 0.2) is 46.5 Å². The van der Waals surface area contributed by atoms with Crippen LogP contribution < -0.4 is 9.47 Å². The molecule has 120 valence electrons. The molecule has 0 N–H and O–H groups in total. The first-order valence-corrected chi connectivity index (χ1v) is 9.09. The van der Waals surface area contributed by atoms with E-state index in [0.717, 1.165) is 22.4 Å². The molecule has 0 radical (unpaired) electrons. The molecule has 0 spiro atoms. The van der Waals surface area contributed by atoms with E-state index in [1.807, 2.05) is 0 Å². The molecular weight excluding hydrogens is 364 g/mol. The lowest BCUT2D eigenvalue weighted by molar-refractivity contribution is 0.173. The second-order valence-corrected chi connectivity index (χ2v) is 7.49. The van der Waals surface area contributed by atoms with Gasteiger partial charge in [-0.2, -0.15) is 0 Å². The van der Waals surface area contributed by atoms with Crippen LogP contribution in [0.1, 0.15) is 47.4 Å². The monoisotopic (exact) mass is 380 g/mol. The Kier molecular flexibility index (Phi) is 3.14. The van der Waals surface area contributed by atoms with Crippen LogP contribution in [0.3, 0.4) is 0 Å². The summed E-state index contributed by atoms with van der Waals surface area (Å²) in [6.45, 7) is 2.54. The quantitative estimate of drug-likeness (QED) is 0.647. The minimum Gasteiger partial charge on any atom is -0.454 e. The molecule has 3 aliphatic rings. The SMILES string of the molecule is CC1=Cc2c(cc3c(c2Br)OCO3)C1CC1C=Cc2ccccc21. The number of fused-ring (bicyclic) bond motifs is 3. The lowest BCUT2D eigenvalue weighted by Gasteiger charge is -2.20. The van der Waals surface area contributed by atoms with Crippen LogP contribution in [0, 0.1) is 0 Å². The molecule has 1 heterocycles. The molecular formula is C21H17BrO2. The van der Waals surface area contributed by atoms with E-state index in [-0.39, 0.29) is 0 Å². The van der Waals surface area contributed by atoms with Gasteiger partial charge in [-0.05, 0) is 57.6 Å². The molecule has 0 saturated carbocycles. The van der Waals surface area contributed by atoms with E-state index in [2.05, 4.69) is 71.4 Å². The maximum atomic E-state index is 5.62. The van der Waals surface area contributed by atoms with Crippen LogP contribution in [0.5, 0.6) is 11.5 Å². The van der Waals surface area contributed by atoms with Crippen molar-refractivity contribution in [2.45, 2.75) is 25.2 Å². The second kappa shape index (κ2) is 5.25. The van der Waals surface area contributed by atoms with Gasteiger partial charge in [0.15, 0.2) is 11.5 Å². The third-order valence-corrected chi connectivity index (χ3v) is 6.15. The predicted octanol–water partition coefficient (Wildman–Crippen LogP) is 5.88. The van der Waals surface area contributed by atoms with E-state index in [0.29, 0.717) is 18.6 Å². The van der Waals surface area contributed by atoms with Gasteiger partial charge in [0.25, 0.3) is 0 Å². The summed E-state index contributed by atoms with van der Waals surface area (Å²) in [5.74, 6) is 2.59. The topological polar surface area (TPSA) is 18.5 Å². The molecule has 2 aromatic carbocycles. The van der Waals surface area contributed by atoms with Crippen LogP contribution in [-0.4, -0.2) is 6.79 Å². The minimum atomic E-state index is 0.308. The average Bonchev–Trinajstić information content (AvgIpc) is 3.28. The Bertz CT molecular complexity index is 910. The van der Waals surface area contributed by atoms with Gasteiger partial charge in [0.2, 0.25) is 6.79 Å². The number of rotatable bonds is 2. The van der Waals surface area contributed by atoms with E-state index < -0.39 is 0 Å². The fraction of sp³-hybridized carbons (Fsp3) is 0.238. The third kappa shape index (κ3) is 2.01. The van der Waals surface area contributed by atoms with Gasteiger partial charge in [0.05, 0.1) is 4.47 Å². The molecule has 5 rings (SSSR count). The first-order valence-electron chi connectivity index (χ1n) is 8.29. The van der Waals surface area contributed by atoms with Crippen molar-refractivity contribution in [2.75, 3.05) is 6.79 Å². The van der Waals surface area contributed by atoms with Crippen LogP contribution in [0.4, 0.5) is 0 Å². The van der Waals surface area contributed by atoms with Gasteiger partial charge in [0.1, 0.15) is 0 Å². The summed E-state index contributed by atoms with van der Waals surface area (Å²) in [6.07, 6.45) is 7.98. The smallest absolute Gasteiger partial charge is 0.231 e. The highest BCUT2D eigenvalue weighted by Crippen LogP contribution is 2.52. The van der Waals surface area contributed by atoms with E-state index >= 15 is 0 Å². The normalized spacial score (nSPS) is 22.5. The molecule has 2 aliphatic carbocycles. The maximum absolute atomic E-state index is 5.62. The van der Waals surface area contributed by atoms with Crippen molar-refractivity contribution >= 4 is 28.1 Å². The first kappa shape index (κ1) is 14.4. The largest absolute Gasteiger partial charge is 0.454 e. The van der Waals surface area contributed by atoms with E-state index in [4.69, 9.17) is 9.47 Å². The fourth-order valence-electron chi connectivity index (χ4n) is 4.14. The number of benzene rings is 2. The molecule has 2 atom stereocenters. The zero-order valence-corrected chi connectivity index (χ0v) is 15.0. The summed E-state index contributed by atoms with van der Waals surface area (Å²) in [4.78, 5) is 0. The summed E-state index contributed by atoms with van der Waals surface area (Å²) >= 11 is 3.71. The van der Waals surface area contributed by atoms with Gasteiger partial charge in [0, 0.05) is 11.8 Å². The van der Waals surface area contributed by atoms with Crippen molar-refractivity contribution < 1.29 is 9.47 Å². The Labute approximate surface area is 149 Å². The molecule has 2 nitrogen and oxygen atoms in total. The number of halogens is 1. The van der Waals surface area contributed by atoms with Gasteiger partial charge < -0.3 is 9.47 Å². The maximum Gasteiger partial charge on any atom is 0.231 e. The number of hydrogen-bond donors (Lipinski definition) is 0. The molecule has 0 aromatic heterocycles. The number of allylic oxidation sites excluding steroid dienone is 2. The Morgan fingerprint density at radius 3 is 2.96 bits per heavy atom. The number of ether oxygens (including phenoxy) is 2. The van der Waals surface area contributed by atoms with Gasteiger partial charge in [-0.3, -0.25) is 0 Å². The van der Waals surface area contributed by atoms with Crippen LogP contribution in [0.25, 0.3) is 12.2 Å². The Morgan fingerprint density at radius 2 is 2.04 bits per heavy atom. The van der Waals surface area contributed by atoms with Gasteiger partial charge in [-0.25, -0.2) is 0 Å². The molecule has 0 saturated heterocycles. The first-order chi connectivity index (χ1) is 11.7. The molecule has 1 aliphatic heterocycles. The van der Waals surface area contributed by atoms with Crippen LogP contribution in [-0.2, 0) is 0 Å². The minimum absolute atomic E-state index is 0.308. The third-order valence-electron chi connectivity index (χ3n) is 5.37.